The van der Waals surface area contributed by atoms with Gasteiger partial charge in [0.15, 0.2) is 0 Å². The first kappa shape index (κ1) is 31.0. The Morgan fingerprint density at radius 3 is 2.57 bits per heavy atom. The van der Waals surface area contributed by atoms with Crippen molar-refractivity contribution in [2.24, 2.45) is 5.92 Å². The van der Waals surface area contributed by atoms with Crippen molar-refractivity contribution in [3.8, 4) is 5.88 Å². The van der Waals surface area contributed by atoms with Gasteiger partial charge in [0.25, 0.3) is 5.91 Å². The van der Waals surface area contributed by atoms with E-state index >= 15 is 4.39 Å². The minimum atomic E-state index is -1.22. The Morgan fingerprint density at radius 1 is 1.09 bits per heavy atom. The molecule has 3 aliphatic rings. The van der Waals surface area contributed by atoms with E-state index in [1.807, 2.05) is 31.5 Å². The van der Waals surface area contributed by atoms with E-state index < -0.39 is 23.3 Å². The van der Waals surface area contributed by atoms with Gasteiger partial charge < -0.3 is 15.0 Å². The zero-order chi connectivity index (χ0) is 32.3. The first-order valence-corrected chi connectivity index (χ1v) is 16.6. The van der Waals surface area contributed by atoms with Crippen LogP contribution >= 0.6 is 23.2 Å². The van der Waals surface area contributed by atoms with Gasteiger partial charge in [0.2, 0.25) is 11.8 Å². The molecule has 0 spiro atoms. The van der Waals surface area contributed by atoms with Gasteiger partial charge in [-0.25, -0.2) is 9.07 Å². The van der Waals surface area contributed by atoms with Crippen molar-refractivity contribution >= 4 is 51.6 Å². The zero-order valence-corrected chi connectivity index (χ0v) is 27.5. The van der Waals surface area contributed by atoms with Crippen molar-refractivity contribution in [2.45, 2.75) is 57.2 Å². The van der Waals surface area contributed by atoms with Gasteiger partial charge in [-0.15, -0.1) is 0 Å². The van der Waals surface area contributed by atoms with Gasteiger partial charge in [0, 0.05) is 41.8 Å². The van der Waals surface area contributed by atoms with Crippen molar-refractivity contribution < 1.29 is 18.7 Å². The second-order valence-electron chi connectivity index (χ2n) is 12.7. The third-order valence-corrected chi connectivity index (χ3v) is 10.5. The number of likely N-dealkylation sites (tertiary alicyclic amines) is 1. The molecule has 7 rings (SSSR count). The SMILES string of the molecule is CCN(CC)C(=O)c1ccc2c3n(nc2c1)[C@@H]1[C@H](CO3)N(CC2CC2)[C@@](C)(C(=O)Nc2cccc(Cl)c2)[C@H]1c1cccc(Cl)c1F. The number of aromatic nitrogens is 2. The molecular weight excluding hydrogens is 628 g/mol. The van der Waals surface area contributed by atoms with Crippen molar-refractivity contribution in [1.82, 2.24) is 19.6 Å². The van der Waals surface area contributed by atoms with Crippen LogP contribution in [0.3, 0.4) is 0 Å². The van der Waals surface area contributed by atoms with Gasteiger partial charge in [-0.2, -0.15) is 5.10 Å². The molecule has 1 N–H and O–H groups in total. The lowest BCUT2D eigenvalue weighted by atomic mass is 9.77. The summed E-state index contributed by atoms with van der Waals surface area (Å²) in [6.07, 6.45) is 2.13. The normalized spacial score (nSPS) is 23.9. The number of nitrogens with zero attached hydrogens (tertiary/aromatic N) is 4. The fourth-order valence-electron chi connectivity index (χ4n) is 7.42. The van der Waals surface area contributed by atoms with Crippen molar-refractivity contribution in [3.05, 3.63) is 87.7 Å². The molecule has 1 aromatic heterocycles. The van der Waals surface area contributed by atoms with Crippen LogP contribution in [0.4, 0.5) is 10.1 Å². The number of amides is 2. The third-order valence-electron chi connectivity index (χ3n) is 9.97. The Balaban J connectivity index is 1.40. The minimum absolute atomic E-state index is 0.00948. The zero-order valence-electron chi connectivity index (χ0n) is 26.0. The molecule has 3 heterocycles. The fourth-order valence-corrected chi connectivity index (χ4v) is 7.79. The van der Waals surface area contributed by atoms with Crippen LogP contribution < -0.4 is 10.1 Å². The van der Waals surface area contributed by atoms with Crippen LogP contribution in [0, 0.1) is 11.7 Å². The van der Waals surface area contributed by atoms with Gasteiger partial charge in [0.1, 0.15) is 18.0 Å². The molecule has 0 radical (unpaired) electrons. The Kier molecular flexibility index (Phi) is 7.98. The average Bonchev–Trinajstić information content (AvgIpc) is 3.74. The molecule has 0 unspecified atom stereocenters. The predicted molar refractivity (Wildman–Crippen MR) is 177 cm³/mol. The van der Waals surface area contributed by atoms with Gasteiger partial charge in [0.05, 0.1) is 28.0 Å². The smallest absolute Gasteiger partial charge is 0.253 e. The van der Waals surface area contributed by atoms with Crippen LogP contribution in [-0.4, -0.2) is 69.2 Å². The molecule has 240 valence electrons. The Bertz CT molecular complexity index is 1840. The number of hydrogen-bond donors (Lipinski definition) is 1. The number of halogens is 3. The van der Waals surface area contributed by atoms with Crippen LogP contribution in [0.1, 0.15) is 61.5 Å². The lowest BCUT2D eigenvalue weighted by Crippen LogP contribution is -2.57. The van der Waals surface area contributed by atoms with E-state index in [4.69, 9.17) is 33.0 Å². The summed E-state index contributed by atoms with van der Waals surface area (Å²) in [6, 6.07) is 16.6. The summed E-state index contributed by atoms with van der Waals surface area (Å²) in [5, 5.41) is 9.35. The maximum atomic E-state index is 16.2. The summed E-state index contributed by atoms with van der Waals surface area (Å²) >= 11 is 12.7. The highest BCUT2D eigenvalue weighted by Crippen LogP contribution is 2.57. The predicted octanol–water partition coefficient (Wildman–Crippen LogP) is 7.17. The van der Waals surface area contributed by atoms with Crippen molar-refractivity contribution in [2.75, 3.05) is 31.6 Å². The maximum Gasteiger partial charge on any atom is 0.253 e. The summed E-state index contributed by atoms with van der Waals surface area (Å²) in [5.41, 5.74) is 0.809. The van der Waals surface area contributed by atoms with E-state index in [1.54, 1.807) is 53.4 Å². The molecule has 2 fully saturated rings. The third kappa shape index (κ3) is 5.04. The molecule has 3 aromatic carbocycles. The van der Waals surface area contributed by atoms with E-state index in [0.717, 1.165) is 18.2 Å². The monoisotopic (exact) mass is 663 g/mol. The molecule has 0 bridgehead atoms. The number of rotatable bonds is 8. The number of fused-ring (bicyclic) bond motifs is 5. The van der Waals surface area contributed by atoms with E-state index in [2.05, 4.69) is 10.2 Å². The molecule has 1 saturated heterocycles. The van der Waals surface area contributed by atoms with Crippen molar-refractivity contribution in [3.63, 3.8) is 0 Å². The Morgan fingerprint density at radius 2 is 1.85 bits per heavy atom. The maximum absolute atomic E-state index is 16.2. The molecule has 11 heteroatoms. The van der Waals surface area contributed by atoms with Crippen LogP contribution in [0.15, 0.2) is 60.7 Å². The standard InChI is InChI=1S/C35H36Cl2FN5O3/c1-4-41(5-2)32(44)21-14-15-24-27(16-21)40-43-31-28(19-46-33(24)43)42(18-20-12-13-20)35(3,29(31)25-10-7-11-26(37)30(25)38)34(45)39-23-9-6-8-22(36)17-23/h6-11,14-17,20,28-29,31H,4-5,12-13,18-19H2,1-3H3,(H,39,45)/t28-,29-,31+,35+/m0/s1. The molecular formula is C35H36Cl2FN5O3. The molecule has 1 saturated carbocycles. The lowest BCUT2D eigenvalue weighted by Gasteiger charge is -2.39. The molecule has 4 aromatic rings. The van der Waals surface area contributed by atoms with E-state index in [0.29, 0.717) is 58.8 Å². The second kappa shape index (κ2) is 11.9. The first-order chi connectivity index (χ1) is 22.1. The van der Waals surface area contributed by atoms with Crippen LogP contribution in [0.25, 0.3) is 10.9 Å². The molecule has 1 aliphatic carbocycles. The fraction of sp³-hybridized carbons (Fsp3) is 0.400. The topological polar surface area (TPSA) is 79.7 Å². The summed E-state index contributed by atoms with van der Waals surface area (Å²) in [7, 11) is 0. The highest BCUT2D eigenvalue weighted by molar-refractivity contribution is 6.31. The number of carbonyl (C=O) groups excluding carboxylic acids is 2. The molecule has 2 aliphatic heterocycles. The Labute approximate surface area is 277 Å². The number of anilines is 1. The van der Waals surface area contributed by atoms with Gasteiger partial charge in [-0.1, -0.05) is 41.4 Å². The number of carbonyl (C=O) groups is 2. The highest BCUT2D eigenvalue weighted by atomic mass is 35.5. The van der Waals surface area contributed by atoms with Gasteiger partial charge >= 0.3 is 0 Å². The van der Waals surface area contributed by atoms with Gasteiger partial charge in [-0.3, -0.25) is 14.5 Å². The number of hydrogen-bond acceptors (Lipinski definition) is 5. The first-order valence-electron chi connectivity index (χ1n) is 15.9. The van der Waals surface area contributed by atoms with Crippen LogP contribution in [0.2, 0.25) is 10.0 Å². The number of benzene rings is 3. The van der Waals surface area contributed by atoms with E-state index in [-0.39, 0.29) is 29.5 Å². The average molecular weight is 665 g/mol. The molecule has 4 atom stereocenters. The van der Waals surface area contributed by atoms with Crippen LogP contribution in [0.5, 0.6) is 5.88 Å². The quantitative estimate of drug-likeness (QED) is 0.216. The molecule has 8 nitrogen and oxygen atoms in total. The largest absolute Gasteiger partial charge is 0.476 e. The number of ether oxygens (including phenoxy) is 1. The summed E-state index contributed by atoms with van der Waals surface area (Å²) in [4.78, 5) is 31.8. The highest BCUT2D eigenvalue weighted by Gasteiger charge is 2.64. The molecule has 46 heavy (non-hydrogen) atoms. The van der Waals surface area contributed by atoms with Crippen LogP contribution in [-0.2, 0) is 4.79 Å². The second-order valence-corrected chi connectivity index (χ2v) is 13.5. The van der Waals surface area contributed by atoms with Gasteiger partial charge in [-0.05, 0) is 87.6 Å². The summed E-state index contributed by atoms with van der Waals surface area (Å²) < 4.78 is 24.4. The van der Waals surface area contributed by atoms with Crippen molar-refractivity contribution in [1.29, 1.82) is 0 Å². The minimum Gasteiger partial charge on any atom is -0.476 e. The summed E-state index contributed by atoms with van der Waals surface area (Å²) in [5.74, 6) is -0.635. The van der Waals surface area contributed by atoms with E-state index in [9.17, 15) is 9.59 Å². The number of nitrogens with one attached hydrogen (secondary N) is 1. The van der Waals surface area contributed by atoms with E-state index in [1.165, 1.54) is 6.07 Å². The Hall–Kier alpha value is -3.66. The summed E-state index contributed by atoms with van der Waals surface area (Å²) in [6.45, 7) is 7.93. The molecule has 2 amide bonds. The lowest BCUT2D eigenvalue weighted by molar-refractivity contribution is -0.127.